The zero-order chi connectivity index (χ0) is 20.4. The first-order valence-corrected chi connectivity index (χ1v) is 10.3. The fourth-order valence-corrected chi connectivity index (χ4v) is 5.24. The smallest absolute Gasteiger partial charge is 0.125 e. The Morgan fingerprint density at radius 1 is 1.21 bits per heavy atom. The summed E-state index contributed by atoms with van der Waals surface area (Å²) in [6.07, 6.45) is 3.23. The van der Waals surface area contributed by atoms with E-state index in [1.807, 2.05) is 6.07 Å². The predicted molar refractivity (Wildman–Crippen MR) is 112 cm³/mol. The van der Waals surface area contributed by atoms with E-state index >= 15 is 0 Å². The molecular weight excluding hydrogens is 367 g/mol. The molecule has 29 heavy (non-hydrogen) atoms. The van der Waals surface area contributed by atoms with Crippen LogP contribution in [0.15, 0.2) is 42.5 Å². The number of methoxy groups -OCH3 is 1. The van der Waals surface area contributed by atoms with Crippen molar-refractivity contribution in [2.75, 3.05) is 20.7 Å². The van der Waals surface area contributed by atoms with Gasteiger partial charge in [0.25, 0.3) is 0 Å². The molecule has 0 radical (unpaired) electrons. The summed E-state index contributed by atoms with van der Waals surface area (Å²) < 4.78 is 20.8. The van der Waals surface area contributed by atoms with E-state index in [9.17, 15) is 4.39 Å². The summed E-state index contributed by atoms with van der Waals surface area (Å²) in [6, 6.07) is 13.5. The van der Waals surface area contributed by atoms with Gasteiger partial charge in [-0.2, -0.15) is 15.4 Å². The highest BCUT2D eigenvalue weighted by Crippen LogP contribution is 2.50. The molecule has 1 saturated carbocycles. The van der Waals surface area contributed by atoms with E-state index in [0.29, 0.717) is 11.0 Å². The summed E-state index contributed by atoms with van der Waals surface area (Å²) in [6.45, 7) is 3.95. The molecule has 1 heterocycles. The van der Waals surface area contributed by atoms with Gasteiger partial charge in [-0.25, -0.2) is 4.39 Å². The van der Waals surface area contributed by atoms with E-state index in [1.165, 1.54) is 11.6 Å². The molecule has 0 spiro atoms. The second-order valence-corrected chi connectivity index (χ2v) is 8.35. The van der Waals surface area contributed by atoms with Crippen molar-refractivity contribution in [3.63, 3.8) is 0 Å². The molecule has 2 aromatic carbocycles. The predicted octanol–water partition coefficient (Wildman–Crippen LogP) is 4.51. The number of H-pyrrole nitrogens is 1. The van der Waals surface area contributed by atoms with Crippen molar-refractivity contribution >= 4 is 11.0 Å². The number of ether oxygens (including phenoxy) is 1. The van der Waals surface area contributed by atoms with E-state index in [-0.39, 0.29) is 17.7 Å². The Hall–Kier alpha value is -2.31. The van der Waals surface area contributed by atoms with Gasteiger partial charge in [-0.05, 0) is 37.4 Å². The molecule has 1 aliphatic carbocycles. The maximum Gasteiger partial charge on any atom is 0.125 e. The minimum atomic E-state index is -0.597. The summed E-state index contributed by atoms with van der Waals surface area (Å²) in [5.41, 5.74) is 2.75. The third-order valence-electron chi connectivity index (χ3n) is 6.50. The number of halogens is 1. The number of nitrogens with zero attached hydrogens (tertiary/aromatic N) is 3. The zero-order valence-corrected chi connectivity index (χ0v) is 17.4. The Labute approximate surface area is 171 Å². The van der Waals surface area contributed by atoms with Gasteiger partial charge in [-0.3, -0.25) is 0 Å². The normalized spacial score (nSPS) is 25.0. The molecule has 1 N–H and O–H groups in total. The molecule has 6 heteroatoms. The van der Waals surface area contributed by atoms with Crippen LogP contribution in [0, 0.1) is 17.7 Å². The lowest BCUT2D eigenvalue weighted by Gasteiger charge is -2.49. The molecule has 0 saturated heterocycles. The van der Waals surface area contributed by atoms with Crippen LogP contribution in [0.3, 0.4) is 0 Å². The van der Waals surface area contributed by atoms with Crippen LogP contribution < -0.4 is 0 Å². The van der Waals surface area contributed by atoms with Gasteiger partial charge in [-0.15, -0.1) is 0 Å². The SMILES string of the molecule is COC1(c2cc(F)cc3n[nH]nc23)C(C)CCCC1CN(C)Cc1ccccc1. The van der Waals surface area contributed by atoms with Crippen LogP contribution in [0.5, 0.6) is 0 Å². The van der Waals surface area contributed by atoms with Crippen molar-refractivity contribution in [2.24, 2.45) is 11.8 Å². The van der Waals surface area contributed by atoms with Gasteiger partial charge in [0.1, 0.15) is 22.5 Å². The maximum absolute atomic E-state index is 14.5. The molecule has 1 aromatic heterocycles. The highest BCUT2D eigenvalue weighted by molar-refractivity contribution is 5.78. The number of aromatic nitrogens is 3. The first-order valence-electron chi connectivity index (χ1n) is 10.3. The van der Waals surface area contributed by atoms with E-state index < -0.39 is 5.60 Å². The van der Waals surface area contributed by atoms with Crippen molar-refractivity contribution in [1.82, 2.24) is 20.3 Å². The fraction of sp³-hybridized carbons (Fsp3) is 0.478. The number of hydrogen-bond acceptors (Lipinski definition) is 4. The second-order valence-electron chi connectivity index (χ2n) is 8.35. The Morgan fingerprint density at radius 3 is 2.76 bits per heavy atom. The van der Waals surface area contributed by atoms with Gasteiger partial charge in [0.2, 0.25) is 0 Å². The fourth-order valence-electron chi connectivity index (χ4n) is 5.24. The van der Waals surface area contributed by atoms with Crippen molar-refractivity contribution in [3.8, 4) is 0 Å². The molecule has 3 atom stereocenters. The topological polar surface area (TPSA) is 54.0 Å². The van der Waals surface area contributed by atoms with E-state index in [1.54, 1.807) is 13.2 Å². The number of fused-ring (bicyclic) bond motifs is 1. The average Bonchev–Trinajstić information content (AvgIpc) is 3.17. The molecule has 3 aromatic rings. The number of benzene rings is 2. The highest BCUT2D eigenvalue weighted by atomic mass is 19.1. The van der Waals surface area contributed by atoms with Crippen LogP contribution in [0.2, 0.25) is 0 Å². The largest absolute Gasteiger partial charge is 0.373 e. The van der Waals surface area contributed by atoms with E-state index in [4.69, 9.17) is 4.74 Å². The van der Waals surface area contributed by atoms with Crippen LogP contribution >= 0.6 is 0 Å². The Kier molecular flexibility index (Phi) is 5.65. The lowest BCUT2D eigenvalue weighted by Crippen LogP contribution is -2.50. The van der Waals surface area contributed by atoms with Crippen LogP contribution in [0.4, 0.5) is 4.39 Å². The summed E-state index contributed by atoms with van der Waals surface area (Å²) in [7, 11) is 3.90. The monoisotopic (exact) mass is 396 g/mol. The molecular formula is C23H29FN4O. The van der Waals surface area contributed by atoms with Gasteiger partial charge in [-0.1, -0.05) is 43.7 Å². The third kappa shape index (κ3) is 3.67. The summed E-state index contributed by atoms with van der Waals surface area (Å²) >= 11 is 0. The van der Waals surface area contributed by atoms with Crippen LogP contribution in [-0.2, 0) is 16.9 Å². The minimum Gasteiger partial charge on any atom is -0.373 e. The van der Waals surface area contributed by atoms with Gasteiger partial charge in [0, 0.05) is 37.7 Å². The number of rotatable bonds is 6. The molecule has 5 nitrogen and oxygen atoms in total. The molecule has 0 bridgehead atoms. The number of aromatic amines is 1. The summed E-state index contributed by atoms with van der Waals surface area (Å²) in [4.78, 5) is 2.34. The molecule has 3 unspecified atom stereocenters. The molecule has 4 rings (SSSR count). The van der Waals surface area contributed by atoms with E-state index in [0.717, 1.165) is 37.9 Å². The van der Waals surface area contributed by atoms with Crippen LogP contribution in [0.25, 0.3) is 11.0 Å². The lowest BCUT2D eigenvalue weighted by atomic mass is 9.65. The van der Waals surface area contributed by atoms with Gasteiger partial charge in [0.05, 0.1) is 0 Å². The second kappa shape index (κ2) is 8.20. The van der Waals surface area contributed by atoms with Gasteiger partial charge in [0.15, 0.2) is 0 Å². The highest BCUT2D eigenvalue weighted by Gasteiger charge is 2.49. The van der Waals surface area contributed by atoms with Gasteiger partial charge < -0.3 is 9.64 Å². The van der Waals surface area contributed by atoms with Crippen molar-refractivity contribution in [2.45, 2.75) is 38.3 Å². The first kappa shape index (κ1) is 20.0. The van der Waals surface area contributed by atoms with Gasteiger partial charge >= 0.3 is 0 Å². The quantitative estimate of drug-likeness (QED) is 0.666. The molecule has 1 fully saturated rings. The number of nitrogens with one attached hydrogen (secondary N) is 1. The van der Waals surface area contributed by atoms with Crippen molar-refractivity contribution < 1.29 is 9.13 Å². The molecule has 154 valence electrons. The Balaban J connectivity index is 1.71. The standard InChI is InChI=1S/C23H29FN4O/c1-16-8-7-11-18(15-28(2)14-17-9-5-4-6-10-17)23(16,29-3)20-12-19(24)13-21-22(20)26-27-25-21/h4-6,9-10,12-13,16,18H,7-8,11,14-15H2,1-3H3,(H,25,26,27). The molecule has 0 amide bonds. The number of hydrogen-bond donors (Lipinski definition) is 1. The average molecular weight is 397 g/mol. The van der Waals surface area contributed by atoms with Crippen LogP contribution in [-0.4, -0.2) is 41.0 Å². The molecule has 0 aliphatic heterocycles. The minimum absolute atomic E-state index is 0.228. The van der Waals surface area contributed by atoms with Crippen molar-refractivity contribution in [1.29, 1.82) is 0 Å². The summed E-state index contributed by atoms with van der Waals surface area (Å²) in [5, 5.41) is 11.1. The summed E-state index contributed by atoms with van der Waals surface area (Å²) in [5.74, 6) is 0.178. The molecule has 1 aliphatic rings. The van der Waals surface area contributed by atoms with Crippen molar-refractivity contribution in [3.05, 3.63) is 59.4 Å². The first-order chi connectivity index (χ1) is 14.0. The lowest BCUT2D eigenvalue weighted by molar-refractivity contribution is -0.131. The Morgan fingerprint density at radius 2 is 2.00 bits per heavy atom. The Bertz CT molecular complexity index is 960. The van der Waals surface area contributed by atoms with E-state index in [2.05, 4.69) is 58.5 Å². The third-order valence-corrected chi connectivity index (χ3v) is 6.50. The zero-order valence-electron chi connectivity index (χ0n) is 17.4. The maximum atomic E-state index is 14.5. The van der Waals surface area contributed by atoms with Crippen LogP contribution in [0.1, 0.15) is 37.3 Å².